The number of aromatic nitrogens is 1. The predicted octanol–water partition coefficient (Wildman–Crippen LogP) is 3.17. The monoisotopic (exact) mass is 340 g/mol. The van der Waals surface area contributed by atoms with Crippen LogP contribution in [-0.4, -0.2) is 20.6 Å². The van der Waals surface area contributed by atoms with Crippen LogP contribution in [0.2, 0.25) is 0 Å². The Morgan fingerprint density at radius 3 is 2.70 bits per heavy atom. The van der Waals surface area contributed by atoms with E-state index in [2.05, 4.69) is 15.9 Å². The number of halogens is 1. The second kappa shape index (κ2) is 5.24. The third kappa shape index (κ3) is 2.40. The van der Waals surface area contributed by atoms with Gasteiger partial charge in [-0.1, -0.05) is 15.9 Å². The Morgan fingerprint density at radius 2 is 2.15 bits per heavy atom. The Morgan fingerprint density at radius 1 is 1.50 bits per heavy atom. The van der Waals surface area contributed by atoms with Crippen LogP contribution in [0.4, 0.5) is 5.69 Å². The second-order valence-electron chi connectivity index (χ2n) is 4.59. The second-order valence-corrected chi connectivity index (χ2v) is 5.51. The van der Waals surface area contributed by atoms with Gasteiger partial charge < -0.3 is 9.67 Å². The molecule has 6 nitrogen and oxygen atoms in total. The van der Waals surface area contributed by atoms with Gasteiger partial charge in [0, 0.05) is 29.7 Å². The van der Waals surface area contributed by atoms with Gasteiger partial charge in [-0.05, 0) is 25.0 Å². The SMILES string of the molecule is Cc1c(CCC(=O)O)c2c([N+](=O)[O-])cc(Br)cc2n1C. The lowest BCUT2D eigenvalue weighted by atomic mass is 10.0. The highest BCUT2D eigenvalue weighted by atomic mass is 79.9. The van der Waals surface area contributed by atoms with Crippen LogP contribution in [0.1, 0.15) is 17.7 Å². The molecule has 2 rings (SSSR count). The van der Waals surface area contributed by atoms with Gasteiger partial charge in [0.1, 0.15) is 0 Å². The molecular formula is C13H13BrN2O4. The van der Waals surface area contributed by atoms with Crippen molar-refractivity contribution in [2.75, 3.05) is 0 Å². The Balaban J connectivity index is 2.76. The van der Waals surface area contributed by atoms with Crippen LogP contribution in [-0.2, 0) is 18.3 Å². The highest BCUT2D eigenvalue weighted by molar-refractivity contribution is 9.10. The number of carboxylic acids is 1. The summed E-state index contributed by atoms with van der Waals surface area (Å²) >= 11 is 3.27. The number of non-ortho nitro benzene ring substituents is 1. The zero-order valence-electron chi connectivity index (χ0n) is 11.0. The fourth-order valence-corrected chi connectivity index (χ4v) is 2.83. The number of benzene rings is 1. The maximum absolute atomic E-state index is 11.2. The topological polar surface area (TPSA) is 85.4 Å². The lowest BCUT2D eigenvalue weighted by molar-refractivity contribution is -0.383. The maximum atomic E-state index is 11.2. The number of fused-ring (bicyclic) bond motifs is 1. The fraction of sp³-hybridized carbons (Fsp3) is 0.308. The van der Waals surface area contributed by atoms with E-state index in [1.807, 2.05) is 18.5 Å². The molecule has 1 heterocycles. The Labute approximate surface area is 123 Å². The van der Waals surface area contributed by atoms with Crippen molar-refractivity contribution in [3.8, 4) is 0 Å². The van der Waals surface area contributed by atoms with E-state index in [0.717, 1.165) is 16.8 Å². The normalized spacial score (nSPS) is 10.9. The molecule has 0 radical (unpaired) electrons. The number of carbonyl (C=O) groups is 1. The van der Waals surface area contributed by atoms with E-state index in [1.54, 1.807) is 6.07 Å². The number of nitrogens with zero attached hydrogens (tertiary/aromatic N) is 2. The molecule has 0 aliphatic carbocycles. The number of carboxylic acid groups (broad SMARTS) is 1. The first kappa shape index (κ1) is 14.5. The number of rotatable bonds is 4. The van der Waals surface area contributed by atoms with Crippen molar-refractivity contribution < 1.29 is 14.8 Å². The molecule has 0 amide bonds. The fourth-order valence-electron chi connectivity index (χ4n) is 2.40. The first-order valence-corrected chi connectivity index (χ1v) is 6.75. The molecule has 0 bridgehead atoms. The quantitative estimate of drug-likeness (QED) is 0.684. The summed E-state index contributed by atoms with van der Waals surface area (Å²) in [7, 11) is 1.82. The van der Waals surface area contributed by atoms with Crippen LogP contribution >= 0.6 is 15.9 Å². The summed E-state index contributed by atoms with van der Waals surface area (Å²) in [5, 5.41) is 20.6. The minimum absolute atomic E-state index is 0.00142. The molecular weight excluding hydrogens is 328 g/mol. The average Bonchev–Trinajstić information content (AvgIpc) is 2.59. The van der Waals surface area contributed by atoms with Crippen molar-refractivity contribution >= 4 is 38.5 Å². The van der Waals surface area contributed by atoms with Gasteiger partial charge in [0.15, 0.2) is 0 Å². The van der Waals surface area contributed by atoms with Crippen molar-refractivity contribution in [1.82, 2.24) is 4.57 Å². The van der Waals surface area contributed by atoms with Gasteiger partial charge in [0.05, 0.1) is 15.8 Å². The molecule has 0 fully saturated rings. The molecule has 7 heteroatoms. The summed E-state index contributed by atoms with van der Waals surface area (Å²) in [6, 6.07) is 3.26. The first-order valence-electron chi connectivity index (χ1n) is 5.96. The number of aryl methyl sites for hydroxylation is 2. The minimum atomic E-state index is -0.916. The number of hydrogen-bond acceptors (Lipinski definition) is 3. The molecule has 1 N–H and O–H groups in total. The molecule has 0 spiro atoms. The summed E-state index contributed by atoms with van der Waals surface area (Å²) in [5.74, 6) is -0.916. The zero-order chi connectivity index (χ0) is 15.0. The van der Waals surface area contributed by atoms with Gasteiger partial charge in [-0.15, -0.1) is 0 Å². The van der Waals surface area contributed by atoms with E-state index in [0.29, 0.717) is 9.86 Å². The van der Waals surface area contributed by atoms with Gasteiger partial charge in [0.2, 0.25) is 0 Å². The van der Waals surface area contributed by atoms with Crippen molar-refractivity contribution in [1.29, 1.82) is 0 Å². The number of nitro benzene ring substituents is 1. The summed E-state index contributed by atoms with van der Waals surface area (Å²) in [5.41, 5.74) is 2.30. The Kier molecular flexibility index (Phi) is 3.80. The molecule has 0 saturated heterocycles. The highest BCUT2D eigenvalue weighted by Crippen LogP contribution is 2.36. The third-order valence-electron chi connectivity index (χ3n) is 3.45. The Bertz CT molecular complexity index is 721. The van der Waals surface area contributed by atoms with E-state index in [1.165, 1.54) is 6.07 Å². The van der Waals surface area contributed by atoms with Crippen LogP contribution in [0.25, 0.3) is 10.9 Å². The van der Waals surface area contributed by atoms with E-state index in [-0.39, 0.29) is 18.5 Å². The molecule has 0 saturated carbocycles. The maximum Gasteiger partial charge on any atom is 0.303 e. The average molecular weight is 341 g/mol. The number of aliphatic carboxylic acids is 1. The lowest BCUT2D eigenvalue weighted by Gasteiger charge is -2.01. The number of nitro groups is 1. The molecule has 1 aromatic heterocycles. The van der Waals surface area contributed by atoms with Crippen LogP contribution < -0.4 is 0 Å². The van der Waals surface area contributed by atoms with Crippen molar-refractivity contribution in [3.05, 3.63) is 38.0 Å². The van der Waals surface area contributed by atoms with E-state index < -0.39 is 10.9 Å². The van der Waals surface area contributed by atoms with Crippen LogP contribution in [0.5, 0.6) is 0 Å². The smallest absolute Gasteiger partial charge is 0.303 e. The van der Waals surface area contributed by atoms with Gasteiger partial charge in [-0.3, -0.25) is 14.9 Å². The van der Waals surface area contributed by atoms with Crippen molar-refractivity contribution in [3.63, 3.8) is 0 Å². The van der Waals surface area contributed by atoms with Crippen LogP contribution in [0.3, 0.4) is 0 Å². The van der Waals surface area contributed by atoms with Gasteiger partial charge in [-0.2, -0.15) is 0 Å². The van der Waals surface area contributed by atoms with Crippen LogP contribution in [0.15, 0.2) is 16.6 Å². The molecule has 1 aromatic carbocycles. The van der Waals surface area contributed by atoms with Crippen molar-refractivity contribution in [2.45, 2.75) is 19.8 Å². The third-order valence-corrected chi connectivity index (χ3v) is 3.91. The molecule has 0 aliphatic heterocycles. The molecule has 0 aliphatic rings. The molecule has 106 valence electrons. The number of hydrogen-bond donors (Lipinski definition) is 1. The molecule has 20 heavy (non-hydrogen) atoms. The highest BCUT2D eigenvalue weighted by Gasteiger charge is 2.22. The largest absolute Gasteiger partial charge is 0.481 e. The van der Waals surface area contributed by atoms with Crippen LogP contribution in [0, 0.1) is 17.0 Å². The Hall–Kier alpha value is -1.89. The van der Waals surface area contributed by atoms with E-state index in [4.69, 9.17) is 5.11 Å². The van der Waals surface area contributed by atoms with E-state index >= 15 is 0 Å². The minimum Gasteiger partial charge on any atom is -0.481 e. The summed E-state index contributed by atoms with van der Waals surface area (Å²) < 4.78 is 2.48. The first-order chi connectivity index (χ1) is 9.32. The molecule has 2 aromatic rings. The van der Waals surface area contributed by atoms with Crippen molar-refractivity contribution in [2.24, 2.45) is 7.05 Å². The zero-order valence-corrected chi connectivity index (χ0v) is 12.6. The van der Waals surface area contributed by atoms with Gasteiger partial charge >= 0.3 is 5.97 Å². The summed E-state index contributed by atoms with van der Waals surface area (Å²) in [6.45, 7) is 1.84. The lowest BCUT2D eigenvalue weighted by Crippen LogP contribution is -1.99. The van der Waals surface area contributed by atoms with Gasteiger partial charge in [-0.25, -0.2) is 0 Å². The predicted molar refractivity (Wildman–Crippen MR) is 78.0 cm³/mol. The summed E-state index contributed by atoms with van der Waals surface area (Å²) in [6.07, 6.45) is 0.230. The molecule has 0 atom stereocenters. The van der Waals surface area contributed by atoms with E-state index in [9.17, 15) is 14.9 Å². The standard InChI is InChI=1S/C13H13BrN2O4/c1-7-9(3-4-12(17)18)13-10(15(7)2)5-8(14)6-11(13)16(19)20/h5-6H,3-4H2,1-2H3,(H,17,18). The van der Waals surface area contributed by atoms with Gasteiger partial charge in [0.25, 0.3) is 5.69 Å². The molecule has 0 unspecified atom stereocenters. The summed E-state index contributed by atoms with van der Waals surface area (Å²) in [4.78, 5) is 21.6.